The molecule has 2 heterocycles. The van der Waals surface area contributed by atoms with Crippen LogP contribution in [0.5, 0.6) is 0 Å². The minimum Gasteiger partial charge on any atom is -0.377 e. The summed E-state index contributed by atoms with van der Waals surface area (Å²) >= 11 is 6.04. The summed E-state index contributed by atoms with van der Waals surface area (Å²) in [6, 6.07) is 8.50. The fourth-order valence-corrected chi connectivity index (χ4v) is 4.71. The van der Waals surface area contributed by atoms with Gasteiger partial charge in [-0.1, -0.05) is 36.6 Å². The highest BCUT2D eigenvalue weighted by Gasteiger charge is 2.50. The Kier molecular flexibility index (Phi) is 3.66. The topological polar surface area (TPSA) is 29.5 Å². The lowest BCUT2D eigenvalue weighted by atomic mass is 9.77. The summed E-state index contributed by atoms with van der Waals surface area (Å²) in [6.45, 7) is 1.41. The number of carbonyl (C=O) groups excluding carboxylic acids is 1. The van der Waals surface area contributed by atoms with Gasteiger partial charge in [0.2, 0.25) is 5.91 Å². The number of halogens is 1. The van der Waals surface area contributed by atoms with Crippen LogP contribution in [0.25, 0.3) is 0 Å². The lowest BCUT2D eigenvalue weighted by Crippen LogP contribution is -2.55. The Morgan fingerprint density at radius 1 is 1.09 bits per heavy atom. The van der Waals surface area contributed by atoms with Crippen LogP contribution in [0.15, 0.2) is 24.3 Å². The summed E-state index contributed by atoms with van der Waals surface area (Å²) in [7, 11) is 0. The van der Waals surface area contributed by atoms with E-state index in [0.29, 0.717) is 19.1 Å². The fourth-order valence-electron chi connectivity index (χ4n) is 4.58. The van der Waals surface area contributed by atoms with Gasteiger partial charge in [0.1, 0.15) is 0 Å². The Morgan fingerprint density at radius 2 is 1.68 bits per heavy atom. The Labute approximate surface area is 136 Å². The smallest absolute Gasteiger partial charge is 0.233 e. The van der Waals surface area contributed by atoms with Gasteiger partial charge in [0.15, 0.2) is 0 Å². The molecule has 4 rings (SSSR count). The Bertz CT molecular complexity index is 549. The normalized spacial score (nSPS) is 29.8. The lowest BCUT2D eigenvalue weighted by molar-refractivity contribution is -0.147. The first-order chi connectivity index (χ1) is 10.7. The number of hydrogen-bond acceptors (Lipinski definition) is 2. The number of morpholine rings is 1. The van der Waals surface area contributed by atoms with Crippen molar-refractivity contribution in [3.05, 3.63) is 34.9 Å². The summed E-state index contributed by atoms with van der Waals surface area (Å²) in [5, 5.41) is 0.732. The van der Waals surface area contributed by atoms with E-state index >= 15 is 0 Å². The first-order valence-corrected chi connectivity index (χ1v) is 8.75. The standard InChI is InChI=1S/C18H22ClNO2/c19-14-5-3-13(4-6-14)18(9-1-2-10-18)17(21)20-15-7-8-16(20)12-22-11-15/h3-6,15-16H,1-2,7-12H2/t15-,16-/m1/s1. The number of benzene rings is 1. The predicted octanol–water partition coefficient (Wildman–Crippen LogP) is 3.54. The highest BCUT2D eigenvalue weighted by Crippen LogP contribution is 2.45. The van der Waals surface area contributed by atoms with Crippen molar-refractivity contribution in [3.63, 3.8) is 0 Å². The largest absolute Gasteiger partial charge is 0.377 e. The van der Waals surface area contributed by atoms with Crippen LogP contribution in [-0.2, 0) is 14.9 Å². The van der Waals surface area contributed by atoms with Crippen molar-refractivity contribution in [3.8, 4) is 0 Å². The van der Waals surface area contributed by atoms with Crippen LogP contribution in [0.4, 0.5) is 0 Å². The minimum atomic E-state index is -0.331. The van der Waals surface area contributed by atoms with Gasteiger partial charge in [0.05, 0.1) is 30.7 Å². The number of carbonyl (C=O) groups is 1. The van der Waals surface area contributed by atoms with Crippen LogP contribution in [0.2, 0.25) is 5.02 Å². The zero-order chi connectivity index (χ0) is 15.2. The van der Waals surface area contributed by atoms with Gasteiger partial charge in [0, 0.05) is 5.02 Å². The van der Waals surface area contributed by atoms with E-state index in [0.717, 1.165) is 49.1 Å². The van der Waals surface area contributed by atoms with Crippen LogP contribution in [0.1, 0.15) is 44.1 Å². The van der Waals surface area contributed by atoms with Crippen LogP contribution >= 0.6 is 11.6 Å². The second-order valence-electron chi connectivity index (χ2n) is 6.93. The van der Waals surface area contributed by atoms with Crippen LogP contribution in [-0.4, -0.2) is 36.1 Å². The first kappa shape index (κ1) is 14.5. The second-order valence-corrected chi connectivity index (χ2v) is 7.37. The molecule has 0 radical (unpaired) electrons. The third kappa shape index (κ3) is 2.17. The van der Waals surface area contributed by atoms with E-state index in [1.165, 1.54) is 0 Å². The highest BCUT2D eigenvalue weighted by atomic mass is 35.5. The summed E-state index contributed by atoms with van der Waals surface area (Å²) < 4.78 is 5.64. The van der Waals surface area contributed by atoms with Crippen molar-refractivity contribution in [2.45, 2.75) is 56.0 Å². The van der Waals surface area contributed by atoms with Crippen molar-refractivity contribution < 1.29 is 9.53 Å². The zero-order valence-corrected chi connectivity index (χ0v) is 13.5. The summed E-state index contributed by atoms with van der Waals surface area (Å²) in [5.41, 5.74) is 0.813. The maximum atomic E-state index is 13.5. The fraction of sp³-hybridized carbons (Fsp3) is 0.611. The molecule has 1 amide bonds. The number of nitrogens with zero attached hydrogens (tertiary/aromatic N) is 1. The Balaban J connectivity index is 1.70. The maximum absolute atomic E-state index is 13.5. The van der Waals surface area contributed by atoms with Gasteiger partial charge < -0.3 is 9.64 Å². The van der Waals surface area contributed by atoms with E-state index in [2.05, 4.69) is 4.90 Å². The minimum absolute atomic E-state index is 0.288. The zero-order valence-electron chi connectivity index (χ0n) is 12.8. The number of rotatable bonds is 2. The quantitative estimate of drug-likeness (QED) is 0.834. The van der Waals surface area contributed by atoms with Crippen LogP contribution < -0.4 is 0 Å². The van der Waals surface area contributed by atoms with E-state index in [1.807, 2.05) is 24.3 Å². The number of hydrogen-bond donors (Lipinski definition) is 0. The molecule has 0 aromatic heterocycles. The molecular formula is C18H22ClNO2. The van der Waals surface area contributed by atoms with E-state index in [9.17, 15) is 4.79 Å². The Morgan fingerprint density at radius 3 is 2.27 bits per heavy atom. The van der Waals surface area contributed by atoms with Crippen molar-refractivity contribution in [1.29, 1.82) is 0 Å². The average Bonchev–Trinajstić information content (AvgIpc) is 3.11. The maximum Gasteiger partial charge on any atom is 0.233 e. The molecule has 22 heavy (non-hydrogen) atoms. The molecule has 0 N–H and O–H groups in total. The highest BCUT2D eigenvalue weighted by molar-refractivity contribution is 6.30. The molecule has 3 fully saturated rings. The van der Waals surface area contributed by atoms with Gasteiger partial charge in [-0.15, -0.1) is 0 Å². The summed E-state index contributed by atoms with van der Waals surface area (Å²) in [6.07, 6.45) is 6.37. The second kappa shape index (κ2) is 5.54. The summed E-state index contributed by atoms with van der Waals surface area (Å²) in [4.78, 5) is 15.7. The molecule has 2 bridgehead atoms. The molecule has 1 aromatic rings. The van der Waals surface area contributed by atoms with E-state index in [-0.39, 0.29) is 17.5 Å². The molecule has 0 spiro atoms. The third-order valence-corrected chi connectivity index (χ3v) is 5.99. The van der Waals surface area contributed by atoms with Gasteiger partial charge in [-0.2, -0.15) is 0 Å². The molecule has 2 atom stereocenters. The van der Waals surface area contributed by atoms with Crippen LogP contribution in [0.3, 0.4) is 0 Å². The molecule has 118 valence electrons. The van der Waals surface area contributed by atoms with Gasteiger partial charge >= 0.3 is 0 Å². The molecule has 3 nitrogen and oxygen atoms in total. The lowest BCUT2D eigenvalue weighted by Gasteiger charge is -2.41. The van der Waals surface area contributed by atoms with E-state index < -0.39 is 0 Å². The molecule has 2 saturated heterocycles. The molecule has 4 heteroatoms. The predicted molar refractivity (Wildman–Crippen MR) is 86.1 cm³/mol. The molecule has 1 aliphatic carbocycles. The molecule has 1 aromatic carbocycles. The first-order valence-electron chi connectivity index (χ1n) is 8.37. The Hall–Kier alpha value is -1.06. The third-order valence-electron chi connectivity index (χ3n) is 5.74. The molecule has 2 aliphatic heterocycles. The van der Waals surface area contributed by atoms with Crippen molar-refractivity contribution in [1.82, 2.24) is 4.90 Å². The molecule has 0 unspecified atom stereocenters. The molecule has 1 saturated carbocycles. The monoisotopic (exact) mass is 319 g/mol. The van der Waals surface area contributed by atoms with E-state index in [4.69, 9.17) is 16.3 Å². The van der Waals surface area contributed by atoms with Crippen molar-refractivity contribution in [2.75, 3.05) is 13.2 Å². The van der Waals surface area contributed by atoms with Gasteiger partial charge in [-0.05, 0) is 43.4 Å². The number of fused-ring (bicyclic) bond motifs is 2. The number of amides is 1. The molecular weight excluding hydrogens is 298 g/mol. The SMILES string of the molecule is O=C(N1[C@@H]2CC[C@@H]1COC2)C1(c2ccc(Cl)cc2)CCCC1. The molecule has 3 aliphatic rings. The van der Waals surface area contributed by atoms with E-state index in [1.54, 1.807) is 0 Å². The number of ether oxygens (including phenoxy) is 1. The van der Waals surface area contributed by atoms with Crippen molar-refractivity contribution >= 4 is 17.5 Å². The van der Waals surface area contributed by atoms with Gasteiger partial charge in [-0.25, -0.2) is 0 Å². The average molecular weight is 320 g/mol. The summed E-state index contributed by atoms with van der Waals surface area (Å²) in [5.74, 6) is 0.336. The van der Waals surface area contributed by atoms with Crippen LogP contribution in [0, 0.1) is 0 Å². The van der Waals surface area contributed by atoms with Crippen molar-refractivity contribution in [2.24, 2.45) is 0 Å². The van der Waals surface area contributed by atoms with Gasteiger partial charge in [0.25, 0.3) is 0 Å². The van der Waals surface area contributed by atoms with Gasteiger partial charge in [-0.3, -0.25) is 4.79 Å².